The van der Waals surface area contributed by atoms with Crippen molar-refractivity contribution in [1.82, 2.24) is 15.5 Å². The first-order valence-electron chi connectivity index (χ1n) is 8.04. The van der Waals surface area contributed by atoms with E-state index in [1.165, 1.54) is 11.0 Å². The summed E-state index contributed by atoms with van der Waals surface area (Å²) in [5.74, 6) is 0.113. The number of hydrogen-bond donors (Lipinski definition) is 2. The Hall–Kier alpha value is -1.71. The minimum absolute atomic E-state index is 0. The van der Waals surface area contributed by atoms with Crippen molar-refractivity contribution in [3.8, 4) is 0 Å². The van der Waals surface area contributed by atoms with E-state index in [1.54, 1.807) is 26.1 Å². The maximum Gasteiger partial charge on any atom is 0.229 e. The molecule has 0 saturated carbocycles. The van der Waals surface area contributed by atoms with Crippen LogP contribution < -0.4 is 10.6 Å². The lowest BCUT2D eigenvalue weighted by Crippen LogP contribution is -2.46. The molecule has 1 fully saturated rings. The highest BCUT2D eigenvalue weighted by Gasteiger charge is 2.25. The molecule has 6 nitrogen and oxygen atoms in total. The second-order valence-corrected chi connectivity index (χ2v) is 5.73. The van der Waals surface area contributed by atoms with Gasteiger partial charge in [-0.2, -0.15) is 0 Å². The smallest absolute Gasteiger partial charge is 0.229 e. The van der Waals surface area contributed by atoms with Crippen LogP contribution in [0.4, 0.5) is 4.39 Å². The monoisotopic (exact) mass is 462 g/mol. The average molecular weight is 462 g/mol. The van der Waals surface area contributed by atoms with Crippen LogP contribution in [0.3, 0.4) is 0 Å². The Morgan fingerprint density at radius 1 is 1.24 bits per heavy atom. The predicted molar refractivity (Wildman–Crippen MR) is 105 cm³/mol. The van der Waals surface area contributed by atoms with Crippen LogP contribution in [0.1, 0.15) is 30.4 Å². The minimum atomic E-state index is -0.225. The number of nitrogens with zero attached hydrogens (tertiary/aromatic N) is 2. The highest BCUT2D eigenvalue weighted by molar-refractivity contribution is 14.0. The largest absolute Gasteiger partial charge is 0.355 e. The first kappa shape index (κ1) is 21.3. The molecule has 25 heavy (non-hydrogen) atoms. The van der Waals surface area contributed by atoms with Gasteiger partial charge in [0.15, 0.2) is 5.96 Å². The quantitative estimate of drug-likeness (QED) is 0.304. The van der Waals surface area contributed by atoms with E-state index < -0.39 is 0 Å². The summed E-state index contributed by atoms with van der Waals surface area (Å²) in [6.07, 6.45) is 1.51. The number of aryl methyl sites for hydroxylation is 1. The number of likely N-dealkylation sites (tertiary alicyclic amines) is 1. The Kier molecular flexibility index (Phi) is 8.81. The number of nitrogens with one attached hydrogen (secondary N) is 2. The molecule has 0 spiro atoms. The van der Waals surface area contributed by atoms with Crippen molar-refractivity contribution in [3.05, 3.63) is 35.1 Å². The van der Waals surface area contributed by atoms with Gasteiger partial charge in [-0.15, -0.1) is 24.0 Å². The molecule has 0 bridgehead atoms. The molecule has 1 aromatic carbocycles. The molecule has 1 saturated heterocycles. The van der Waals surface area contributed by atoms with E-state index in [1.807, 2.05) is 0 Å². The van der Waals surface area contributed by atoms with Gasteiger partial charge in [0.05, 0.1) is 0 Å². The topological polar surface area (TPSA) is 73.8 Å². The molecule has 1 heterocycles. The summed E-state index contributed by atoms with van der Waals surface area (Å²) in [5, 5.41) is 6.19. The second-order valence-electron chi connectivity index (χ2n) is 5.73. The SMILES string of the molecule is CN=C(NCCN1C(=O)CCCC1=O)NCc1ccc(F)c(C)c1.I. The number of amides is 2. The zero-order valence-corrected chi connectivity index (χ0v) is 16.8. The summed E-state index contributed by atoms with van der Waals surface area (Å²) >= 11 is 0. The number of carbonyl (C=O) groups excluding carboxylic acids is 2. The Bertz CT molecular complexity index is 636. The van der Waals surface area contributed by atoms with Gasteiger partial charge in [0.1, 0.15) is 5.82 Å². The number of rotatable bonds is 5. The molecule has 1 aliphatic heterocycles. The van der Waals surface area contributed by atoms with Crippen molar-refractivity contribution in [2.24, 2.45) is 4.99 Å². The molecule has 0 atom stereocenters. The Morgan fingerprint density at radius 2 is 1.92 bits per heavy atom. The molecule has 8 heteroatoms. The van der Waals surface area contributed by atoms with E-state index in [2.05, 4.69) is 15.6 Å². The minimum Gasteiger partial charge on any atom is -0.355 e. The summed E-state index contributed by atoms with van der Waals surface area (Å²) in [7, 11) is 1.64. The first-order chi connectivity index (χ1) is 11.5. The van der Waals surface area contributed by atoms with Gasteiger partial charge in [-0.05, 0) is 30.5 Å². The molecule has 2 amide bonds. The third-order valence-electron chi connectivity index (χ3n) is 3.92. The fourth-order valence-electron chi connectivity index (χ4n) is 2.56. The number of guanidine groups is 1. The molecule has 0 radical (unpaired) electrons. The maximum atomic E-state index is 13.3. The third kappa shape index (κ3) is 6.26. The molecule has 1 aliphatic rings. The Balaban J connectivity index is 0.00000312. The molecule has 1 aromatic rings. The van der Waals surface area contributed by atoms with Crippen molar-refractivity contribution in [2.45, 2.75) is 32.7 Å². The van der Waals surface area contributed by atoms with Crippen molar-refractivity contribution >= 4 is 41.8 Å². The fourth-order valence-corrected chi connectivity index (χ4v) is 2.56. The van der Waals surface area contributed by atoms with E-state index in [4.69, 9.17) is 0 Å². The third-order valence-corrected chi connectivity index (χ3v) is 3.92. The van der Waals surface area contributed by atoms with Gasteiger partial charge in [-0.25, -0.2) is 4.39 Å². The zero-order chi connectivity index (χ0) is 17.5. The molecular weight excluding hydrogens is 438 g/mol. The molecule has 2 rings (SSSR count). The number of benzene rings is 1. The van der Waals surface area contributed by atoms with Crippen LogP contribution in [-0.2, 0) is 16.1 Å². The first-order valence-corrected chi connectivity index (χ1v) is 8.04. The highest BCUT2D eigenvalue weighted by Crippen LogP contribution is 2.11. The van der Waals surface area contributed by atoms with E-state index in [0.29, 0.717) is 50.4 Å². The van der Waals surface area contributed by atoms with E-state index >= 15 is 0 Å². The zero-order valence-electron chi connectivity index (χ0n) is 14.5. The number of carbonyl (C=O) groups is 2. The lowest BCUT2D eigenvalue weighted by atomic mass is 10.1. The number of piperidine rings is 1. The van der Waals surface area contributed by atoms with Crippen molar-refractivity contribution in [3.63, 3.8) is 0 Å². The van der Waals surface area contributed by atoms with Crippen LogP contribution in [0, 0.1) is 12.7 Å². The number of imide groups is 1. The summed E-state index contributed by atoms with van der Waals surface area (Å²) in [6, 6.07) is 4.93. The normalized spacial score (nSPS) is 15.0. The summed E-state index contributed by atoms with van der Waals surface area (Å²) in [4.78, 5) is 28.8. The van der Waals surface area contributed by atoms with Crippen molar-refractivity contribution < 1.29 is 14.0 Å². The number of halogens is 2. The van der Waals surface area contributed by atoms with Gasteiger partial charge in [0.2, 0.25) is 11.8 Å². The molecule has 0 aliphatic carbocycles. The number of hydrogen-bond acceptors (Lipinski definition) is 3. The van der Waals surface area contributed by atoms with Gasteiger partial charge in [-0.1, -0.05) is 12.1 Å². The van der Waals surface area contributed by atoms with Crippen LogP contribution in [0.2, 0.25) is 0 Å². The standard InChI is InChI=1S/C17H23FN4O2.HI/c1-12-10-13(6-7-14(12)18)11-21-17(19-2)20-8-9-22-15(23)4-3-5-16(22)24;/h6-7,10H,3-5,8-9,11H2,1-2H3,(H2,19,20,21);1H. The van der Waals surface area contributed by atoms with Gasteiger partial charge >= 0.3 is 0 Å². The van der Waals surface area contributed by atoms with E-state index in [-0.39, 0.29) is 41.6 Å². The van der Waals surface area contributed by atoms with Crippen molar-refractivity contribution in [1.29, 1.82) is 0 Å². The molecule has 138 valence electrons. The number of aliphatic imine (C=N–C) groups is 1. The Morgan fingerprint density at radius 3 is 2.52 bits per heavy atom. The fraction of sp³-hybridized carbons (Fsp3) is 0.471. The van der Waals surface area contributed by atoms with Crippen LogP contribution in [0.25, 0.3) is 0 Å². The second kappa shape index (κ2) is 10.3. The van der Waals surface area contributed by atoms with Crippen LogP contribution >= 0.6 is 24.0 Å². The molecule has 0 aromatic heterocycles. The highest BCUT2D eigenvalue weighted by atomic mass is 127. The van der Waals surface area contributed by atoms with Crippen LogP contribution in [-0.4, -0.2) is 42.8 Å². The maximum absolute atomic E-state index is 13.3. The predicted octanol–water partition coefficient (Wildman–Crippen LogP) is 1.96. The summed E-state index contributed by atoms with van der Waals surface area (Å²) in [5.41, 5.74) is 1.54. The lowest BCUT2D eigenvalue weighted by Gasteiger charge is -2.25. The van der Waals surface area contributed by atoms with Crippen molar-refractivity contribution in [2.75, 3.05) is 20.1 Å². The Labute approximate surface area is 164 Å². The molecule has 0 unspecified atom stereocenters. The van der Waals surface area contributed by atoms with Gasteiger partial charge in [0.25, 0.3) is 0 Å². The van der Waals surface area contributed by atoms with Gasteiger partial charge in [-0.3, -0.25) is 19.5 Å². The van der Waals surface area contributed by atoms with E-state index in [9.17, 15) is 14.0 Å². The van der Waals surface area contributed by atoms with Crippen LogP contribution in [0.5, 0.6) is 0 Å². The van der Waals surface area contributed by atoms with Gasteiger partial charge < -0.3 is 10.6 Å². The molecule has 2 N–H and O–H groups in total. The average Bonchev–Trinajstić information content (AvgIpc) is 2.56. The summed E-state index contributed by atoms with van der Waals surface area (Å²) < 4.78 is 13.3. The molecular formula is C17H24FIN4O2. The van der Waals surface area contributed by atoms with Crippen LogP contribution in [0.15, 0.2) is 23.2 Å². The summed E-state index contributed by atoms with van der Waals surface area (Å²) in [6.45, 7) is 2.98. The van der Waals surface area contributed by atoms with Gasteiger partial charge in [0, 0.05) is 39.5 Å². The lowest BCUT2D eigenvalue weighted by molar-refractivity contribution is -0.147. The van der Waals surface area contributed by atoms with E-state index in [0.717, 1.165) is 5.56 Å².